The van der Waals surface area contributed by atoms with Gasteiger partial charge in [0, 0.05) is 52.8 Å². The minimum Gasteiger partial charge on any atom is -0.381 e. The van der Waals surface area contributed by atoms with Crippen molar-refractivity contribution in [3.63, 3.8) is 0 Å². The van der Waals surface area contributed by atoms with Crippen molar-refractivity contribution in [2.45, 2.75) is 112 Å². The molecule has 3 atom stereocenters. The summed E-state index contributed by atoms with van der Waals surface area (Å²) in [5.41, 5.74) is 1.20. The predicted molar refractivity (Wildman–Crippen MR) is 216 cm³/mol. The number of benzene rings is 5. The van der Waals surface area contributed by atoms with Gasteiger partial charge in [0.15, 0.2) is 0 Å². The highest BCUT2D eigenvalue weighted by atomic mass is 16.5. The Morgan fingerprint density at radius 2 is 1.13 bits per heavy atom. The minimum atomic E-state index is -0.777. The first-order valence-corrected chi connectivity index (χ1v) is 20.0. The number of rotatable bonds is 16. The van der Waals surface area contributed by atoms with Gasteiger partial charge in [0.1, 0.15) is 0 Å². The monoisotopic (exact) mass is 730 g/mol. The van der Waals surface area contributed by atoms with Gasteiger partial charge in [-0.25, -0.2) is 0 Å². The predicted octanol–water partition coefficient (Wildman–Crippen LogP) is 10.2. The van der Waals surface area contributed by atoms with Crippen LogP contribution in [-0.4, -0.2) is 70.9 Å². The molecule has 0 N–H and O–H groups in total. The van der Waals surface area contributed by atoms with Crippen LogP contribution >= 0.6 is 0 Å². The molecule has 2 heterocycles. The molecule has 284 valence electrons. The number of amides is 4. The van der Waals surface area contributed by atoms with E-state index >= 15 is 0 Å². The van der Waals surface area contributed by atoms with Gasteiger partial charge in [-0.1, -0.05) is 71.2 Å². The van der Waals surface area contributed by atoms with Crippen LogP contribution in [0.5, 0.6) is 0 Å². The average molecular weight is 731 g/mol. The molecule has 0 saturated heterocycles. The number of hydrogen-bond acceptors (Lipinski definition) is 6. The first kappa shape index (κ1) is 37.9. The van der Waals surface area contributed by atoms with E-state index in [9.17, 15) is 19.2 Å². The van der Waals surface area contributed by atoms with E-state index in [4.69, 9.17) is 9.47 Å². The summed E-state index contributed by atoms with van der Waals surface area (Å²) in [6.07, 6.45) is 6.01. The van der Waals surface area contributed by atoms with Crippen molar-refractivity contribution in [2.24, 2.45) is 11.8 Å². The molecule has 0 fully saturated rings. The maximum atomic E-state index is 14.3. The van der Waals surface area contributed by atoms with Gasteiger partial charge in [0.2, 0.25) is 0 Å². The maximum absolute atomic E-state index is 14.3. The summed E-state index contributed by atoms with van der Waals surface area (Å²) in [6.45, 7) is 18.0. The maximum Gasteiger partial charge on any atom is 0.261 e. The van der Waals surface area contributed by atoms with Gasteiger partial charge in [0.05, 0.1) is 17.7 Å². The van der Waals surface area contributed by atoms with E-state index in [1.165, 1.54) is 22.6 Å². The van der Waals surface area contributed by atoms with Crippen LogP contribution in [0.1, 0.15) is 135 Å². The molecule has 8 heteroatoms. The smallest absolute Gasteiger partial charge is 0.261 e. The molecule has 8 nitrogen and oxygen atoms in total. The molecule has 7 rings (SSSR count). The van der Waals surface area contributed by atoms with E-state index in [0.717, 1.165) is 51.6 Å². The van der Waals surface area contributed by atoms with E-state index in [2.05, 4.69) is 27.7 Å². The Labute approximate surface area is 318 Å². The molecule has 0 aliphatic carbocycles. The lowest BCUT2D eigenvalue weighted by atomic mass is 9.82. The first-order valence-electron chi connectivity index (χ1n) is 20.0. The lowest BCUT2D eigenvalue weighted by Crippen LogP contribution is -2.56. The molecule has 3 unspecified atom stereocenters. The number of hydrogen-bond donors (Lipinski definition) is 0. The Morgan fingerprint density at radius 1 is 0.648 bits per heavy atom. The number of nitrogens with zero attached hydrogens (tertiary/aromatic N) is 2. The van der Waals surface area contributed by atoms with Gasteiger partial charge in [0.25, 0.3) is 23.6 Å². The number of ether oxygens (including phenoxy) is 2. The van der Waals surface area contributed by atoms with Gasteiger partial charge in [-0.05, 0) is 115 Å². The SMILES string of the molecule is CCCCC(CC)COCCCN1C(=O)c2ccc3c4ccc5c6c(ccc(c7ccc(c2c37)C1=O)c64)C(=O)N(C(C)C(C)(C)OC(C)CC(C)C)C5=O. The summed E-state index contributed by atoms with van der Waals surface area (Å²) < 4.78 is 12.4. The fraction of sp³-hybridized carbons (Fsp3) is 0.478. The number of fused-ring (bicyclic) bond motifs is 2. The van der Waals surface area contributed by atoms with Crippen LogP contribution in [0.25, 0.3) is 43.1 Å². The molecule has 0 spiro atoms. The second-order valence-corrected chi connectivity index (χ2v) is 16.6. The normalized spacial score (nSPS) is 16.6. The second kappa shape index (κ2) is 14.7. The van der Waals surface area contributed by atoms with Gasteiger partial charge in [-0.2, -0.15) is 0 Å². The van der Waals surface area contributed by atoms with Crippen LogP contribution in [0, 0.1) is 11.8 Å². The Morgan fingerprint density at radius 3 is 1.57 bits per heavy atom. The van der Waals surface area contributed by atoms with Crippen LogP contribution in [0.2, 0.25) is 0 Å². The van der Waals surface area contributed by atoms with Crippen molar-refractivity contribution in [2.75, 3.05) is 19.8 Å². The van der Waals surface area contributed by atoms with E-state index < -0.39 is 11.6 Å². The van der Waals surface area contributed by atoms with Gasteiger partial charge in [-0.3, -0.25) is 29.0 Å². The van der Waals surface area contributed by atoms with Crippen LogP contribution in [0.3, 0.4) is 0 Å². The highest BCUT2D eigenvalue weighted by molar-refractivity contribution is 6.41. The zero-order valence-corrected chi connectivity index (χ0v) is 33.1. The molecule has 0 radical (unpaired) electrons. The molecular formula is C46H54N2O6. The Hall–Kier alpha value is -4.40. The van der Waals surface area contributed by atoms with Crippen molar-refractivity contribution in [3.05, 3.63) is 70.8 Å². The molecule has 54 heavy (non-hydrogen) atoms. The summed E-state index contributed by atoms with van der Waals surface area (Å²) in [5.74, 6) is -0.271. The standard InChI is InChI=1S/C46H54N2O6/c1-9-11-13-29(10-2)25-53-23-12-22-47-42(49)34-18-14-30-32-16-20-36-41-37(21-17-33(39(32)41)31-15-19-35(43(47)50)40(34)38(30)31)45(52)48(44(36)51)28(6)46(7,8)54-27(5)24-26(3)4/h14-21,26-29H,9-13,22-25H2,1-8H3. The number of imide groups is 2. The molecule has 0 aromatic heterocycles. The van der Waals surface area contributed by atoms with Crippen LogP contribution < -0.4 is 0 Å². The second-order valence-electron chi connectivity index (χ2n) is 16.6. The van der Waals surface area contributed by atoms with Crippen LogP contribution in [-0.2, 0) is 9.47 Å². The third-order valence-electron chi connectivity index (χ3n) is 12.0. The minimum absolute atomic E-state index is 0.0350. The van der Waals surface area contributed by atoms with E-state index in [0.29, 0.717) is 71.0 Å². The van der Waals surface area contributed by atoms with E-state index in [-0.39, 0.29) is 29.7 Å². The highest BCUT2D eigenvalue weighted by Gasteiger charge is 2.43. The summed E-state index contributed by atoms with van der Waals surface area (Å²) in [7, 11) is 0. The molecular weight excluding hydrogens is 677 g/mol. The Kier molecular flexibility index (Phi) is 10.3. The first-order chi connectivity index (χ1) is 25.8. The molecule has 2 aliphatic rings. The van der Waals surface area contributed by atoms with Crippen LogP contribution in [0.4, 0.5) is 0 Å². The topological polar surface area (TPSA) is 93.2 Å². The largest absolute Gasteiger partial charge is 0.381 e. The third-order valence-corrected chi connectivity index (χ3v) is 12.0. The van der Waals surface area contributed by atoms with Crippen molar-refractivity contribution in [1.29, 1.82) is 0 Å². The Bertz CT molecular complexity index is 2170. The summed E-state index contributed by atoms with van der Waals surface area (Å²) >= 11 is 0. The van der Waals surface area contributed by atoms with Crippen molar-refractivity contribution < 1.29 is 28.7 Å². The zero-order chi connectivity index (χ0) is 38.6. The molecule has 4 amide bonds. The number of carbonyl (C=O) groups excluding carboxylic acids is 4. The van der Waals surface area contributed by atoms with Crippen molar-refractivity contribution in [3.8, 4) is 0 Å². The van der Waals surface area contributed by atoms with Crippen LogP contribution in [0.15, 0.2) is 48.5 Å². The van der Waals surface area contributed by atoms with Gasteiger partial charge >= 0.3 is 0 Å². The molecule has 0 saturated carbocycles. The van der Waals surface area contributed by atoms with E-state index in [1.54, 1.807) is 0 Å². The highest BCUT2D eigenvalue weighted by Crippen LogP contribution is 2.46. The fourth-order valence-electron chi connectivity index (χ4n) is 9.00. The lowest BCUT2D eigenvalue weighted by molar-refractivity contribution is -0.102. The van der Waals surface area contributed by atoms with Gasteiger partial charge in [-0.15, -0.1) is 0 Å². The Balaban J connectivity index is 1.22. The number of unbranched alkanes of at least 4 members (excludes halogenated alkanes) is 1. The number of carbonyl (C=O) groups is 4. The van der Waals surface area contributed by atoms with Gasteiger partial charge < -0.3 is 9.47 Å². The van der Waals surface area contributed by atoms with Crippen molar-refractivity contribution >= 4 is 66.7 Å². The average Bonchev–Trinajstić information content (AvgIpc) is 3.13. The zero-order valence-electron chi connectivity index (χ0n) is 33.1. The molecule has 5 aromatic carbocycles. The molecule has 5 aromatic rings. The third kappa shape index (κ3) is 6.25. The summed E-state index contributed by atoms with van der Waals surface area (Å²) in [4.78, 5) is 59.3. The molecule has 2 aliphatic heterocycles. The van der Waals surface area contributed by atoms with E-state index in [1.807, 2.05) is 76.2 Å². The fourth-order valence-corrected chi connectivity index (χ4v) is 9.00. The quantitative estimate of drug-likeness (QED) is 0.0434. The lowest BCUT2D eigenvalue weighted by Gasteiger charge is -2.42. The summed E-state index contributed by atoms with van der Waals surface area (Å²) in [5, 5.41) is 6.49. The summed E-state index contributed by atoms with van der Waals surface area (Å²) in [6, 6.07) is 14.6. The van der Waals surface area contributed by atoms with Crippen molar-refractivity contribution in [1.82, 2.24) is 9.80 Å². The molecule has 0 bridgehead atoms.